The Balaban J connectivity index is 1.90. The van der Waals surface area contributed by atoms with Crippen molar-refractivity contribution in [2.75, 3.05) is 11.9 Å². The van der Waals surface area contributed by atoms with Crippen molar-refractivity contribution in [1.82, 2.24) is 5.32 Å². The summed E-state index contributed by atoms with van der Waals surface area (Å²) in [6.07, 6.45) is 2.03. The van der Waals surface area contributed by atoms with E-state index < -0.39 is 6.61 Å². The van der Waals surface area contributed by atoms with Crippen LogP contribution in [0.15, 0.2) is 18.2 Å². The second-order valence-electron chi connectivity index (χ2n) is 4.22. The minimum Gasteiger partial charge on any atom is -0.433 e. The minimum atomic E-state index is -2.94. The van der Waals surface area contributed by atoms with Crippen molar-refractivity contribution in [2.24, 2.45) is 0 Å². The summed E-state index contributed by atoms with van der Waals surface area (Å²) < 4.78 is 28.5. The van der Waals surface area contributed by atoms with Crippen molar-refractivity contribution >= 4 is 23.2 Å². The first-order valence-corrected chi connectivity index (χ1v) is 6.20. The zero-order chi connectivity index (χ0) is 13.8. The number of rotatable bonds is 6. The molecule has 1 aromatic carbocycles. The van der Waals surface area contributed by atoms with E-state index in [1.165, 1.54) is 12.1 Å². The average Bonchev–Trinajstić information content (AvgIpc) is 3.13. The van der Waals surface area contributed by atoms with Gasteiger partial charge in [-0.15, -0.1) is 0 Å². The molecule has 1 aromatic rings. The highest BCUT2D eigenvalue weighted by molar-refractivity contribution is 6.32. The van der Waals surface area contributed by atoms with Crippen LogP contribution in [-0.2, 0) is 4.79 Å². The standard InChI is InChI=1S/C12H13ClF2N2O2/c13-9-4-3-8(5-10(9)19-12(14)15)16-6-11(18)17-7-1-2-7/h3-5,7,12,16H,1-2,6H2,(H,17,18). The molecule has 1 amide bonds. The summed E-state index contributed by atoms with van der Waals surface area (Å²) in [5, 5.41) is 5.72. The molecule has 1 aliphatic rings. The Morgan fingerprint density at radius 3 is 2.84 bits per heavy atom. The fourth-order valence-corrected chi connectivity index (χ4v) is 1.65. The first-order chi connectivity index (χ1) is 9.04. The molecule has 0 aromatic heterocycles. The van der Waals surface area contributed by atoms with Crippen LogP contribution in [0.5, 0.6) is 5.75 Å². The summed E-state index contributed by atoms with van der Waals surface area (Å²) in [5.74, 6) is -0.252. The molecule has 0 unspecified atom stereocenters. The van der Waals surface area contributed by atoms with Crippen LogP contribution in [-0.4, -0.2) is 25.1 Å². The third-order valence-electron chi connectivity index (χ3n) is 2.54. The fraction of sp³-hybridized carbons (Fsp3) is 0.417. The summed E-state index contributed by atoms with van der Waals surface area (Å²) in [5.41, 5.74) is 0.492. The molecule has 0 bridgehead atoms. The van der Waals surface area contributed by atoms with Crippen LogP contribution in [0.25, 0.3) is 0 Å². The third-order valence-corrected chi connectivity index (χ3v) is 2.86. The second kappa shape index (κ2) is 6.06. The first kappa shape index (κ1) is 13.9. The molecule has 4 nitrogen and oxygen atoms in total. The van der Waals surface area contributed by atoms with Crippen molar-refractivity contribution in [3.63, 3.8) is 0 Å². The lowest BCUT2D eigenvalue weighted by molar-refractivity contribution is -0.119. The van der Waals surface area contributed by atoms with Crippen LogP contribution in [0.4, 0.5) is 14.5 Å². The van der Waals surface area contributed by atoms with Crippen LogP contribution >= 0.6 is 11.6 Å². The molecule has 1 fully saturated rings. The van der Waals surface area contributed by atoms with Crippen LogP contribution in [0, 0.1) is 0 Å². The molecule has 0 aliphatic heterocycles. The highest BCUT2D eigenvalue weighted by Gasteiger charge is 2.22. The zero-order valence-electron chi connectivity index (χ0n) is 9.96. The van der Waals surface area contributed by atoms with Crippen molar-refractivity contribution in [1.29, 1.82) is 0 Å². The number of carbonyl (C=O) groups excluding carboxylic acids is 1. The summed E-state index contributed by atoms with van der Waals surface area (Å²) in [4.78, 5) is 11.4. The Morgan fingerprint density at radius 1 is 1.47 bits per heavy atom. The van der Waals surface area contributed by atoms with Crippen molar-refractivity contribution in [3.05, 3.63) is 23.2 Å². The number of anilines is 1. The predicted molar refractivity (Wildman–Crippen MR) is 67.7 cm³/mol. The fourth-order valence-electron chi connectivity index (χ4n) is 1.49. The van der Waals surface area contributed by atoms with Crippen LogP contribution in [0.3, 0.4) is 0 Å². The van der Waals surface area contributed by atoms with Gasteiger partial charge in [-0.2, -0.15) is 8.78 Å². The predicted octanol–water partition coefficient (Wildman–Crippen LogP) is 2.63. The maximum atomic E-state index is 12.1. The third kappa shape index (κ3) is 4.55. The number of hydrogen-bond donors (Lipinski definition) is 2. The van der Waals surface area contributed by atoms with E-state index in [1.807, 2.05) is 0 Å². The average molecular weight is 291 g/mol. The van der Waals surface area contributed by atoms with Gasteiger partial charge in [-0.05, 0) is 25.0 Å². The highest BCUT2D eigenvalue weighted by Crippen LogP contribution is 2.29. The molecule has 0 spiro atoms. The van der Waals surface area contributed by atoms with Gasteiger partial charge in [0.25, 0.3) is 0 Å². The number of carbonyl (C=O) groups is 1. The van der Waals surface area contributed by atoms with Crippen molar-refractivity contribution in [3.8, 4) is 5.75 Å². The molecule has 0 heterocycles. The number of benzene rings is 1. The van der Waals surface area contributed by atoms with Gasteiger partial charge in [0, 0.05) is 17.8 Å². The maximum absolute atomic E-state index is 12.1. The van der Waals surface area contributed by atoms with Crippen molar-refractivity contribution in [2.45, 2.75) is 25.5 Å². The molecule has 1 saturated carbocycles. The second-order valence-corrected chi connectivity index (χ2v) is 4.63. The molecular formula is C12H13ClF2N2O2. The molecule has 19 heavy (non-hydrogen) atoms. The van der Waals surface area contributed by atoms with Crippen LogP contribution in [0.2, 0.25) is 5.02 Å². The van der Waals surface area contributed by atoms with Gasteiger partial charge in [-0.25, -0.2) is 0 Å². The molecular weight excluding hydrogens is 278 g/mol. The number of nitrogens with one attached hydrogen (secondary N) is 2. The molecule has 104 valence electrons. The summed E-state index contributed by atoms with van der Waals surface area (Å²) in [7, 11) is 0. The van der Waals surface area contributed by atoms with Crippen LogP contribution < -0.4 is 15.4 Å². The number of amides is 1. The number of alkyl halides is 2. The normalized spacial score (nSPS) is 14.3. The highest BCUT2D eigenvalue weighted by atomic mass is 35.5. The van der Waals surface area contributed by atoms with Gasteiger partial charge in [0.15, 0.2) is 0 Å². The van der Waals surface area contributed by atoms with E-state index in [-0.39, 0.29) is 29.3 Å². The lowest BCUT2D eigenvalue weighted by Gasteiger charge is -2.10. The SMILES string of the molecule is O=C(CNc1ccc(Cl)c(OC(F)F)c1)NC1CC1. The van der Waals surface area contributed by atoms with E-state index in [4.69, 9.17) is 11.6 Å². The van der Waals surface area contributed by atoms with Gasteiger partial charge in [-0.1, -0.05) is 11.6 Å². The monoisotopic (exact) mass is 290 g/mol. The van der Waals surface area contributed by atoms with Gasteiger partial charge in [-0.3, -0.25) is 4.79 Å². The van der Waals surface area contributed by atoms with E-state index in [1.54, 1.807) is 6.07 Å². The van der Waals surface area contributed by atoms with Gasteiger partial charge in [0.05, 0.1) is 11.6 Å². The first-order valence-electron chi connectivity index (χ1n) is 5.82. The molecule has 1 aliphatic carbocycles. The van der Waals surface area contributed by atoms with Crippen LogP contribution in [0.1, 0.15) is 12.8 Å². The number of hydrogen-bond acceptors (Lipinski definition) is 3. The molecule has 0 radical (unpaired) electrons. The Morgan fingerprint density at radius 2 is 2.21 bits per heavy atom. The lowest BCUT2D eigenvalue weighted by Crippen LogP contribution is -2.31. The number of ether oxygens (including phenoxy) is 1. The topological polar surface area (TPSA) is 50.4 Å². The Labute approximate surface area is 114 Å². The van der Waals surface area contributed by atoms with E-state index in [9.17, 15) is 13.6 Å². The van der Waals surface area contributed by atoms with Crippen molar-refractivity contribution < 1.29 is 18.3 Å². The molecule has 7 heteroatoms. The summed E-state index contributed by atoms with van der Waals surface area (Å²) >= 11 is 5.71. The Hall–Kier alpha value is -1.56. The Kier molecular flexibility index (Phi) is 4.42. The quantitative estimate of drug-likeness (QED) is 0.847. The lowest BCUT2D eigenvalue weighted by atomic mass is 10.3. The van der Waals surface area contributed by atoms with E-state index in [0.29, 0.717) is 5.69 Å². The summed E-state index contributed by atoms with van der Waals surface area (Å²) in [6.45, 7) is -2.86. The van der Waals surface area contributed by atoms with E-state index >= 15 is 0 Å². The van der Waals surface area contributed by atoms with Gasteiger partial charge >= 0.3 is 6.61 Å². The minimum absolute atomic E-state index is 0.0756. The maximum Gasteiger partial charge on any atom is 0.387 e. The van der Waals surface area contributed by atoms with Gasteiger partial charge < -0.3 is 15.4 Å². The summed E-state index contributed by atoms with van der Waals surface area (Å²) in [6, 6.07) is 4.64. The molecule has 2 rings (SSSR count). The molecule has 0 saturated heterocycles. The van der Waals surface area contributed by atoms with E-state index in [2.05, 4.69) is 15.4 Å². The Bertz CT molecular complexity index is 467. The van der Waals surface area contributed by atoms with E-state index in [0.717, 1.165) is 12.8 Å². The molecule has 0 atom stereocenters. The van der Waals surface area contributed by atoms with Gasteiger partial charge in [0.1, 0.15) is 5.75 Å². The zero-order valence-corrected chi connectivity index (χ0v) is 10.7. The molecule has 2 N–H and O–H groups in total. The largest absolute Gasteiger partial charge is 0.433 e. The smallest absolute Gasteiger partial charge is 0.387 e. The number of halogens is 3. The van der Waals surface area contributed by atoms with Gasteiger partial charge in [0.2, 0.25) is 5.91 Å².